The first-order valence-corrected chi connectivity index (χ1v) is 9.01. The lowest BCUT2D eigenvalue weighted by molar-refractivity contribution is 0.104. The second-order valence-electron chi connectivity index (χ2n) is 5.60. The molecule has 0 fully saturated rings. The lowest BCUT2D eigenvalue weighted by Gasteiger charge is -2.02. The number of anilines is 1. The largest absolute Gasteiger partial charge is 0.450 e. The predicted molar refractivity (Wildman–Crippen MR) is 103 cm³/mol. The number of ketones is 1. The van der Waals surface area contributed by atoms with Gasteiger partial charge in [0.1, 0.15) is 4.88 Å². The molecule has 132 valence electrons. The molecule has 1 heterocycles. The molecule has 0 saturated carbocycles. The highest BCUT2D eigenvalue weighted by Gasteiger charge is 2.21. The number of hydrogen-bond acceptors (Lipinski definition) is 5. The fourth-order valence-corrected chi connectivity index (χ4v) is 3.35. The molecule has 1 amide bonds. The monoisotopic (exact) mass is 366 g/mol. The van der Waals surface area contributed by atoms with Crippen molar-refractivity contribution in [1.29, 1.82) is 0 Å². The second kappa shape index (κ2) is 7.93. The smallest absolute Gasteiger partial charge is 0.413 e. The molecule has 0 saturated heterocycles. The number of aryl methyl sites for hydroxylation is 1. The lowest BCUT2D eigenvalue weighted by atomic mass is 10.0. The Morgan fingerprint density at radius 2 is 1.77 bits per heavy atom. The molecule has 0 atom stereocenters. The summed E-state index contributed by atoms with van der Waals surface area (Å²) in [5.74, 6) is -0.127. The zero-order valence-corrected chi connectivity index (χ0v) is 15.3. The number of aromatic nitrogens is 1. The number of carbonyl (C=O) groups excluding carboxylic acids is 2. The van der Waals surface area contributed by atoms with Crippen molar-refractivity contribution < 1.29 is 14.3 Å². The average Bonchev–Trinajstić information content (AvgIpc) is 3.06. The molecule has 3 rings (SSSR count). The van der Waals surface area contributed by atoms with Gasteiger partial charge in [0.25, 0.3) is 0 Å². The number of nitrogens with one attached hydrogen (secondary N) is 1. The summed E-state index contributed by atoms with van der Waals surface area (Å²) in [6, 6.07) is 16.8. The number of rotatable bonds is 5. The molecular weight excluding hydrogens is 348 g/mol. The van der Waals surface area contributed by atoms with Crippen LogP contribution in [0.15, 0.2) is 54.6 Å². The summed E-state index contributed by atoms with van der Waals surface area (Å²) in [7, 11) is 0. The number of benzene rings is 2. The Kier molecular flexibility index (Phi) is 5.43. The molecule has 0 bridgehead atoms. The van der Waals surface area contributed by atoms with E-state index in [1.165, 1.54) is 0 Å². The van der Waals surface area contributed by atoms with Crippen molar-refractivity contribution in [3.05, 3.63) is 70.6 Å². The third kappa shape index (κ3) is 3.97. The minimum absolute atomic E-state index is 0.127. The van der Waals surface area contributed by atoms with E-state index >= 15 is 0 Å². The summed E-state index contributed by atoms with van der Waals surface area (Å²) in [6.45, 7) is 3.96. The number of ether oxygens (including phenoxy) is 1. The van der Waals surface area contributed by atoms with Gasteiger partial charge in [-0.05, 0) is 13.8 Å². The van der Waals surface area contributed by atoms with Crippen molar-refractivity contribution in [1.82, 2.24) is 4.98 Å². The Hall–Kier alpha value is -2.99. The van der Waals surface area contributed by atoms with Crippen LogP contribution in [-0.4, -0.2) is 23.5 Å². The van der Waals surface area contributed by atoms with Gasteiger partial charge >= 0.3 is 6.09 Å². The highest BCUT2D eigenvalue weighted by Crippen LogP contribution is 2.33. The quantitative estimate of drug-likeness (QED) is 0.651. The molecule has 0 unspecified atom stereocenters. The van der Waals surface area contributed by atoms with Crippen LogP contribution in [0.5, 0.6) is 0 Å². The maximum absolute atomic E-state index is 13.0. The summed E-state index contributed by atoms with van der Waals surface area (Å²) in [6.07, 6.45) is -0.588. The van der Waals surface area contributed by atoms with Crippen LogP contribution < -0.4 is 5.32 Å². The molecule has 2 aromatic carbocycles. The van der Waals surface area contributed by atoms with Gasteiger partial charge in [0.15, 0.2) is 5.13 Å². The Balaban J connectivity index is 2.01. The van der Waals surface area contributed by atoms with Crippen LogP contribution in [0.1, 0.15) is 27.7 Å². The second-order valence-corrected chi connectivity index (χ2v) is 6.60. The Labute approximate surface area is 155 Å². The molecule has 0 spiro atoms. The van der Waals surface area contributed by atoms with Crippen molar-refractivity contribution in [2.24, 2.45) is 0 Å². The van der Waals surface area contributed by atoms with E-state index in [0.717, 1.165) is 22.5 Å². The van der Waals surface area contributed by atoms with E-state index in [-0.39, 0.29) is 12.4 Å². The summed E-state index contributed by atoms with van der Waals surface area (Å²) in [5, 5.41) is 2.91. The fourth-order valence-electron chi connectivity index (χ4n) is 2.41. The van der Waals surface area contributed by atoms with E-state index in [2.05, 4.69) is 10.3 Å². The SMILES string of the molecule is CCOC(=O)Nc1nc(-c2ccccc2)c(C(=O)c2ccc(C)cc2)s1. The third-order valence-electron chi connectivity index (χ3n) is 3.68. The molecule has 1 N–H and O–H groups in total. The van der Waals surface area contributed by atoms with Crippen molar-refractivity contribution >= 4 is 28.3 Å². The van der Waals surface area contributed by atoms with Crippen LogP contribution >= 0.6 is 11.3 Å². The van der Waals surface area contributed by atoms with Gasteiger partial charge in [0.05, 0.1) is 12.3 Å². The lowest BCUT2D eigenvalue weighted by Crippen LogP contribution is -2.12. The zero-order valence-electron chi connectivity index (χ0n) is 14.5. The van der Waals surface area contributed by atoms with E-state index in [1.807, 2.05) is 49.4 Å². The molecular formula is C20H18N2O3S. The standard InChI is InChI=1S/C20H18N2O3S/c1-3-25-20(24)22-19-21-16(14-7-5-4-6-8-14)18(26-19)17(23)15-11-9-13(2)10-12-15/h4-12H,3H2,1-2H3,(H,21,22,24). The van der Waals surface area contributed by atoms with Crippen LogP contribution in [0.2, 0.25) is 0 Å². The number of thiazole rings is 1. The van der Waals surface area contributed by atoms with Crippen LogP contribution in [0.3, 0.4) is 0 Å². The number of nitrogens with zero attached hydrogens (tertiary/aromatic N) is 1. The van der Waals surface area contributed by atoms with Crippen molar-refractivity contribution in [2.75, 3.05) is 11.9 Å². The zero-order chi connectivity index (χ0) is 18.5. The van der Waals surface area contributed by atoms with Gasteiger partial charge in [0, 0.05) is 11.1 Å². The van der Waals surface area contributed by atoms with Crippen LogP contribution in [0.25, 0.3) is 11.3 Å². The maximum Gasteiger partial charge on any atom is 0.413 e. The molecule has 0 aliphatic heterocycles. The normalized spacial score (nSPS) is 10.4. The number of hydrogen-bond donors (Lipinski definition) is 1. The molecule has 0 radical (unpaired) electrons. The van der Waals surface area contributed by atoms with Gasteiger partial charge in [-0.2, -0.15) is 0 Å². The summed E-state index contributed by atoms with van der Waals surface area (Å²) in [4.78, 5) is 29.6. The van der Waals surface area contributed by atoms with E-state index in [4.69, 9.17) is 4.74 Å². The molecule has 3 aromatic rings. The highest BCUT2D eigenvalue weighted by atomic mass is 32.1. The average molecular weight is 366 g/mol. The molecule has 0 aliphatic carbocycles. The Morgan fingerprint density at radius 1 is 1.08 bits per heavy atom. The predicted octanol–water partition coefficient (Wildman–Crippen LogP) is 4.92. The minimum atomic E-state index is -0.588. The van der Waals surface area contributed by atoms with Crippen LogP contribution in [0, 0.1) is 6.92 Å². The molecule has 1 aromatic heterocycles. The minimum Gasteiger partial charge on any atom is -0.450 e. The van der Waals surface area contributed by atoms with E-state index < -0.39 is 6.09 Å². The molecule has 5 nitrogen and oxygen atoms in total. The van der Waals surface area contributed by atoms with Gasteiger partial charge < -0.3 is 4.74 Å². The summed E-state index contributed by atoms with van der Waals surface area (Å²) in [5.41, 5.74) is 3.03. The third-order valence-corrected chi connectivity index (χ3v) is 4.65. The van der Waals surface area contributed by atoms with Gasteiger partial charge in [0.2, 0.25) is 5.78 Å². The highest BCUT2D eigenvalue weighted by molar-refractivity contribution is 7.18. The number of amides is 1. The van der Waals surface area contributed by atoms with E-state index in [9.17, 15) is 9.59 Å². The van der Waals surface area contributed by atoms with E-state index in [1.54, 1.807) is 19.1 Å². The van der Waals surface area contributed by atoms with Crippen LogP contribution in [-0.2, 0) is 4.74 Å². The van der Waals surface area contributed by atoms with Crippen molar-refractivity contribution in [3.8, 4) is 11.3 Å². The van der Waals surface area contributed by atoms with Crippen molar-refractivity contribution in [2.45, 2.75) is 13.8 Å². The maximum atomic E-state index is 13.0. The molecule has 26 heavy (non-hydrogen) atoms. The first kappa shape index (κ1) is 17.8. The summed E-state index contributed by atoms with van der Waals surface area (Å²) >= 11 is 1.14. The fraction of sp³-hybridized carbons (Fsp3) is 0.150. The van der Waals surface area contributed by atoms with Gasteiger partial charge in [-0.25, -0.2) is 9.78 Å². The first-order chi connectivity index (χ1) is 12.6. The summed E-state index contributed by atoms with van der Waals surface area (Å²) < 4.78 is 4.89. The van der Waals surface area contributed by atoms with E-state index in [0.29, 0.717) is 21.3 Å². The topological polar surface area (TPSA) is 68.3 Å². The first-order valence-electron chi connectivity index (χ1n) is 8.20. The Morgan fingerprint density at radius 3 is 2.42 bits per heavy atom. The number of carbonyl (C=O) groups is 2. The van der Waals surface area contributed by atoms with Gasteiger partial charge in [-0.15, -0.1) is 0 Å². The van der Waals surface area contributed by atoms with Crippen molar-refractivity contribution in [3.63, 3.8) is 0 Å². The van der Waals surface area contributed by atoms with Gasteiger partial charge in [-0.1, -0.05) is 71.5 Å². The van der Waals surface area contributed by atoms with Crippen LogP contribution in [0.4, 0.5) is 9.93 Å². The molecule has 0 aliphatic rings. The van der Waals surface area contributed by atoms with Gasteiger partial charge in [-0.3, -0.25) is 10.1 Å². The molecule has 6 heteroatoms. The Bertz CT molecular complexity index is 918.